The fourth-order valence-corrected chi connectivity index (χ4v) is 2.32. The van der Waals surface area contributed by atoms with Crippen molar-refractivity contribution in [1.29, 1.82) is 0 Å². The molecule has 0 amide bonds. The number of nitrogens with one attached hydrogen (secondary N) is 1. The average Bonchev–Trinajstić information content (AvgIpc) is 3.05. The Kier molecular flexibility index (Phi) is 3.18. The predicted octanol–water partition coefficient (Wildman–Crippen LogP) is 3.09. The summed E-state index contributed by atoms with van der Waals surface area (Å²) in [4.78, 5) is 4.44. The van der Waals surface area contributed by atoms with Gasteiger partial charge in [0.25, 0.3) is 0 Å². The van der Waals surface area contributed by atoms with Crippen LogP contribution in [-0.2, 0) is 6.54 Å². The van der Waals surface area contributed by atoms with E-state index in [1.165, 1.54) is 0 Å². The molecular formula is C15H18N4O. The van der Waals surface area contributed by atoms with Crippen molar-refractivity contribution >= 4 is 11.0 Å². The molecule has 0 aliphatic rings. The van der Waals surface area contributed by atoms with Crippen molar-refractivity contribution in [2.75, 3.05) is 7.11 Å². The van der Waals surface area contributed by atoms with Crippen LogP contribution in [0.4, 0.5) is 0 Å². The van der Waals surface area contributed by atoms with Crippen LogP contribution in [0.3, 0.4) is 0 Å². The number of aromatic nitrogens is 4. The molecule has 2 aromatic heterocycles. The largest absolute Gasteiger partial charge is 0.480 e. The number of nitrogens with zero attached hydrogens (tertiary/aromatic N) is 3. The second-order valence-corrected chi connectivity index (χ2v) is 5.32. The molecule has 1 N–H and O–H groups in total. The summed E-state index contributed by atoms with van der Waals surface area (Å²) >= 11 is 0. The third-order valence-corrected chi connectivity index (χ3v) is 3.26. The Labute approximate surface area is 117 Å². The highest BCUT2D eigenvalue weighted by molar-refractivity contribution is 5.81. The van der Waals surface area contributed by atoms with Crippen LogP contribution in [-0.4, -0.2) is 26.9 Å². The zero-order valence-corrected chi connectivity index (χ0v) is 11.9. The minimum Gasteiger partial charge on any atom is -0.480 e. The summed E-state index contributed by atoms with van der Waals surface area (Å²) in [5, 5.41) is 7.07. The molecule has 2 heterocycles. The van der Waals surface area contributed by atoms with Crippen LogP contribution in [0.15, 0.2) is 30.6 Å². The van der Waals surface area contributed by atoms with E-state index in [2.05, 4.69) is 39.7 Å². The first-order valence-electron chi connectivity index (χ1n) is 6.72. The third kappa shape index (κ3) is 2.27. The number of benzene rings is 1. The SMILES string of the molecule is COc1cc(-c2ccc3ncn(CC(C)C)c3c2)[nH]n1. The Hall–Kier alpha value is -2.30. The van der Waals surface area contributed by atoms with Gasteiger partial charge in [0.2, 0.25) is 5.88 Å². The van der Waals surface area contributed by atoms with Gasteiger partial charge in [-0.25, -0.2) is 4.98 Å². The number of imidazole rings is 1. The summed E-state index contributed by atoms with van der Waals surface area (Å²) in [6.07, 6.45) is 1.90. The molecule has 104 valence electrons. The van der Waals surface area contributed by atoms with Crippen LogP contribution in [0.1, 0.15) is 13.8 Å². The van der Waals surface area contributed by atoms with Crippen LogP contribution in [0.2, 0.25) is 0 Å². The van der Waals surface area contributed by atoms with Gasteiger partial charge in [0.05, 0.1) is 30.2 Å². The number of fused-ring (bicyclic) bond motifs is 1. The Morgan fingerprint density at radius 2 is 2.15 bits per heavy atom. The molecule has 0 saturated heterocycles. The number of hydrogen-bond donors (Lipinski definition) is 1. The lowest BCUT2D eigenvalue weighted by molar-refractivity contribution is 0.397. The summed E-state index contributed by atoms with van der Waals surface area (Å²) in [7, 11) is 1.61. The van der Waals surface area contributed by atoms with Crippen molar-refractivity contribution in [3.05, 3.63) is 30.6 Å². The summed E-state index contributed by atoms with van der Waals surface area (Å²) < 4.78 is 7.30. The maximum Gasteiger partial charge on any atom is 0.232 e. The molecular weight excluding hydrogens is 252 g/mol. The molecule has 0 aliphatic heterocycles. The maximum absolute atomic E-state index is 5.11. The van der Waals surface area contributed by atoms with Crippen molar-refractivity contribution in [1.82, 2.24) is 19.7 Å². The van der Waals surface area contributed by atoms with Gasteiger partial charge in [-0.2, -0.15) is 0 Å². The number of methoxy groups -OCH3 is 1. The van der Waals surface area contributed by atoms with Crippen LogP contribution in [0.25, 0.3) is 22.3 Å². The van der Waals surface area contributed by atoms with E-state index in [4.69, 9.17) is 4.74 Å². The molecule has 3 rings (SSSR count). The van der Waals surface area contributed by atoms with Gasteiger partial charge < -0.3 is 9.30 Å². The van der Waals surface area contributed by atoms with E-state index in [0.717, 1.165) is 28.8 Å². The molecule has 5 heteroatoms. The first-order valence-corrected chi connectivity index (χ1v) is 6.72. The van der Waals surface area contributed by atoms with Crippen LogP contribution >= 0.6 is 0 Å². The van der Waals surface area contributed by atoms with Crippen molar-refractivity contribution in [2.45, 2.75) is 20.4 Å². The van der Waals surface area contributed by atoms with E-state index in [1.807, 2.05) is 24.5 Å². The van der Waals surface area contributed by atoms with Gasteiger partial charge in [-0.05, 0) is 18.1 Å². The number of aromatic amines is 1. The quantitative estimate of drug-likeness (QED) is 0.792. The summed E-state index contributed by atoms with van der Waals surface area (Å²) in [6.45, 7) is 5.37. The van der Waals surface area contributed by atoms with Gasteiger partial charge >= 0.3 is 0 Å². The Morgan fingerprint density at radius 1 is 1.30 bits per heavy atom. The molecule has 0 radical (unpaired) electrons. The monoisotopic (exact) mass is 270 g/mol. The average molecular weight is 270 g/mol. The van der Waals surface area contributed by atoms with E-state index in [9.17, 15) is 0 Å². The van der Waals surface area contributed by atoms with Crippen LogP contribution in [0.5, 0.6) is 5.88 Å². The molecule has 1 aromatic carbocycles. The molecule has 0 spiro atoms. The van der Waals surface area contributed by atoms with E-state index >= 15 is 0 Å². The fourth-order valence-electron chi connectivity index (χ4n) is 2.32. The van der Waals surface area contributed by atoms with E-state index in [1.54, 1.807) is 7.11 Å². The van der Waals surface area contributed by atoms with E-state index in [0.29, 0.717) is 11.8 Å². The van der Waals surface area contributed by atoms with Crippen LogP contribution < -0.4 is 4.74 Å². The van der Waals surface area contributed by atoms with Crippen LogP contribution in [0, 0.1) is 5.92 Å². The Bertz CT molecular complexity index is 726. The smallest absolute Gasteiger partial charge is 0.232 e. The molecule has 0 aliphatic carbocycles. The fraction of sp³-hybridized carbons (Fsp3) is 0.333. The normalized spacial score (nSPS) is 11.4. The van der Waals surface area contributed by atoms with Gasteiger partial charge in [0, 0.05) is 18.2 Å². The topological polar surface area (TPSA) is 55.7 Å². The number of ether oxygens (including phenoxy) is 1. The summed E-state index contributed by atoms with van der Waals surface area (Å²) in [5.41, 5.74) is 4.19. The highest BCUT2D eigenvalue weighted by Crippen LogP contribution is 2.25. The summed E-state index contributed by atoms with van der Waals surface area (Å²) in [6, 6.07) is 8.11. The van der Waals surface area contributed by atoms with Gasteiger partial charge in [0.15, 0.2) is 0 Å². The minimum absolute atomic E-state index is 0.586. The highest BCUT2D eigenvalue weighted by atomic mass is 16.5. The third-order valence-electron chi connectivity index (χ3n) is 3.26. The molecule has 0 fully saturated rings. The molecule has 20 heavy (non-hydrogen) atoms. The molecule has 0 unspecified atom stereocenters. The number of hydrogen-bond acceptors (Lipinski definition) is 3. The molecule has 0 atom stereocenters. The Balaban J connectivity index is 2.04. The molecule has 5 nitrogen and oxygen atoms in total. The zero-order chi connectivity index (χ0) is 14.1. The van der Waals surface area contributed by atoms with E-state index in [-0.39, 0.29) is 0 Å². The van der Waals surface area contributed by atoms with E-state index < -0.39 is 0 Å². The predicted molar refractivity (Wildman–Crippen MR) is 78.7 cm³/mol. The first-order chi connectivity index (χ1) is 9.67. The second kappa shape index (κ2) is 5.00. The maximum atomic E-state index is 5.11. The van der Waals surface area contributed by atoms with Crippen molar-refractivity contribution in [2.24, 2.45) is 5.92 Å². The molecule has 3 aromatic rings. The number of rotatable bonds is 4. The second-order valence-electron chi connectivity index (χ2n) is 5.32. The standard InChI is InChI=1S/C15H18N4O/c1-10(2)8-19-9-16-12-5-4-11(6-14(12)19)13-7-15(20-3)18-17-13/h4-7,9-10H,8H2,1-3H3,(H,17,18). The molecule has 0 bridgehead atoms. The summed E-state index contributed by atoms with van der Waals surface area (Å²) in [5.74, 6) is 1.18. The zero-order valence-electron chi connectivity index (χ0n) is 11.9. The lowest BCUT2D eigenvalue weighted by Crippen LogP contribution is -2.02. The minimum atomic E-state index is 0.586. The van der Waals surface area contributed by atoms with Gasteiger partial charge in [0.1, 0.15) is 0 Å². The van der Waals surface area contributed by atoms with Gasteiger partial charge in [-0.15, -0.1) is 5.10 Å². The highest BCUT2D eigenvalue weighted by Gasteiger charge is 2.08. The lowest BCUT2D eigenvalue weighted by atomic mass is 10.1. The van der Waals surface area contributed by atoms with Crippen molar-refractivity contribution in [3.8, 4) is 17.1 Å². The Morgan fingerprint density at radius 3 is 2.85 bits per heavy atom. The first kappa shape index (κ1) is 12.7. The van der Waals surface area contributed by atoms with Gasteiger partial charge in [-0.1, -0.05) is 19.9 Å². The van der Waals surface area contributed by atoms with Crippen molar-refractivity contribution in [3.63, 3.8) is 0 Å². The number of H-pyrrole nitrogens is 1. The van der Waals surface area contributed by atoms with Gasteiger partial charge in [-0.3, -0.25) is 5.10 Å². The van der Waals surface area contributed by atoms with Crippen molar-refractivity contribution < 1.29 is 4.74 Å². The lowest BCUT2D eigenvalue weighted by Gasteiger charge is -2.07. The molecule has 0 saturated carbocycles.